The fraction of sp³-hybridized carbons (Fsp3) is 0.400. The summed E-state index contributed by atoms with van der Waals surface area (Å²) in [5.74, 6) is 1.39. The number of anilines is 1. The van der Waals surface area contributed by atoms with Crippen molar-refractivity contribution in [2.24, 2.45) is 5.92 Å². The number of nitro groups is 1. The predicted molar refractivity (Wildman–Crippen MR) is 84.8 cm³/mol. The van der Waals surface area contributed by atoms with Gasteiger partial charge in [-0.3, -0.25) is 10.1 Å². The molecule has 0 spiro atoms. The number of pyridine rings is 1. The first-order valence-corrected chi connectivity index (χ1v) is 6.91. The summed E-state index contributed by atoms with van der Waals surface area (Å²) in [6, 6.07) is 3.41. The number of ether oxygens (including phenoxy) is 2. The number of rotatable bonds is 6. The van der Waals surface area contributed by atoms with Gasteiger partial charge >= 0.3 is 5.69 Å². The third kappa shape index (κ3) is 3.03. The van der Waals surface area contributed by atoms with Gasteiger partial charge < -0.3 is 14.8 Å². The fourth-order valence-corrected chi connectivity index (χ4v) is 2.14. The third-order valence-corrected chi connectivity index (χ3v) is 3.24. The Hall–Kier alpha value is -2.57. The van der Waals surface area contributed by atoms with Gasteiger partial charge in [-0.15, -0.1) is 0 Å². The van der Waals surface area contributed by atoms with Crippen LogP contribution >= 0.6 is 0 Å². The molecule has 0 radical (unpaired) electrons. The molecule has 1 N–H and O–H groups in total. The van der Waals surface area contributed by atoms with E-state index in [4.69, 9.17) is 9.47 Å². The first kappa shape index (κ1) is 15.8. The van der Waals surface area contributed by atoms with Crippen molar-refractivity contribution in [1.82, 2.24) is 4.98 Å². The zero-order chi connectivity index (χ0) is 16.3. The van der Waals surface area contributed by atoms with Gasteiger partial charge in [-0.05, 0) is 12.0 Å². The van der Waals surface area contributed by atoms with Gasteiger partial charge in [0.15, 0.2) is 11.5 Å². The number of nitrogens with one attached hydrogen (secondary N) is 1. The molecule has 2 aromatic rings. The van der Waals surface area contributed by atoms with E-state index in [1.807, 2.05) is 13.8 Å². The van der Waals surface area contributed by atoms with Crippen molar-refractivity contribution in [1.29, 1.82) is 0 Å². The molecule has 0 unspecified atom stereocenters. The Balaban J connectivity index is 2.67. The SMILES string of the molecule is COc1cc2ncc([N+](=O)[O-])c(NCC(C)C)c2cc1OC. The number of hydrogen-bond donors (Lipinski definition) is 1. The highest BCUT2D eigenvalue weighted by molar-refractivity contribution is 5.97. The largest absolute Gasteiger partial charge is 0.493 e. The average molecular weight is 305 g/mol. The number of hydrogen-bond acceptors (Lipinski definition) is 6. The van der Waals surface area contributed by atoms with Gasteiger partial charge in [0.05, 0.1) is 24.7 Å². The Kier molecular flexibility index (Phi) is 4.65. The summed E-state index contributed by atoms with van der Waals surface area (Å²) in [7, 11) is 3.06. The Bertz CT molecular complexity index is 701. The molecule has 0 aliphatic carbocycles. The summed E-state index contributed by atoms with van der Waals surface area (Å²) in [4.78, 5) is 15.0. The number of benzene rings is 1. The highest BCUT2D eigenvalue weighted by atomic mass is 16.6. The van der Waals surface area contributed by atoms with Crippen molar-refractivity contribution < 1.29 is 14.4 Å². The molecule has 0 saturated carbocycles. The van der Waals surface area contributed by atoms with Crippen LogP contribution in [0.25, 0.3) is 10.9 Å². The fourth-order valence-electron chi connectivity index (χ4n) is 2.14. The van der Waals surface area contributed by atoms with E-state index in [0.29, 0.717) is 40.6 Å². The van der Waals surface area contributed by atoms with Gasteiger partial charge in [-0.2, -0.15) is 0 Å². The van der Waals surface area contributed by atoms with Crippen LogP contribution in [-0.4, -0.2) is 30.7 Å². The van der Waals surface area contributed by atoms with Gasteiger partial charge in [-0.25, -0.2) is 4.98 Å². The molecular weight excluding hydrogens is 286 g/mol. The van der Waals surface area contributed by atoms with E-state index in [9.17, 15) is 10.1 Å². The summed E-state index contributed by atoms with van der Waals surface area (Å²) in [5.41, 5.74) is 1.000. The van der Waals surface area contributed by atoms with Crippen molar-refractivity contribution in [2.45, 2.75) is 13.8 Å². The second kappa shape index (κ2) is 6.46. The van der Waals surface area contributed by atoms with E-state index in [2.05, 4.69) is 10.3 Å². The summed E-state index contributed by atoms with van der Waals surface area (Å²) >= 11 is 0. The molecule has 0 aliphatic rings. The minimum absolute atomic E-state index is 0.0552. The topological polar surface area (TPSA) is 86.5 Å². The summed E-state index contributed by atoms with van der Waals surface area (Å²) in [5, 5.41) is 15.0. The lowest BCUT2D eigenvalue weighted by Gasteiger charge is -2.14. The summed E-state index contributed by atoms with van der Waals surface area (Å²) < 4.78 is 10.5. The molecule has 1 aromatic heterocycles. The molecule has 1 heterocycles. The Morgan fingerprint density at radius 2 is 1.91 bits per heavy atom. The maximum absolute atomic E-state index is 11.3. The molecule has 0 atom stereocenters. The third-order valence-electron chi connectivity index (χ3n) is 3.24. The van der Waals surface area contributed by atoms with Crippen LogP contribution in [0.5, 0.6) is 11.5 Å². The number of aromatic nitrogens is 1. The lowest BCUT2D eigenvalue weighted by Crippen LogP contribution is -2.10. The molecule has 2 rings (SSSR count). The maximum Gasteiger partial charge on any atom is 0.311 e. The molecule has 0 saturated heterocycles. The average Bonchev–Trinajstić information content (AvgIpc) is 2.50. The molecule has 0 aliphatic heterocycles. The Morgan fingerprint density at radius 1 is 1.27 bits per heavy atom. The number of nitrogens with zero attached hydrogens (tertiary/aromatic N) is 2. The van der Waals surface area contributed by atoms with Crippen LogP contribution in [0, 0.1) is 16.0 Å². The van der Waals surface area contributed by atoms with E-state index in [1.165, 1.54) is 20.4 Å². The standard InChI is InChI=1S/C15H19N3O4/c1-9(2)7-17-15-10-5-13(21-3)14(22-4)6-11(10)16-8-12(15)18(19)20/h5-6,8-9H,7H2,1-4H3,(H,16,17). The van der Waals surface area contributed by atoms with Crippen molar-refractivity contribution in [3.63, 3.8) is 0 Å². The van der Waals surface area contributed by atoms with Gasteiger partial charge in [-0.1, -0.05) is 13.8 Å². The van der Waals surface area contributed by atoms with Gasteiger partial charge in [0.1, 0.15) is 11.9 Å². The van der Waals surface area contributed by atoms with Crippen molar-refractivity contribution >= 4 is 22.3 Å². The van der Waals surface area contributed by atoms with Crippen LogP contribution in [-0.2, 0) is 0 Å². The van der Waals surface area contributed by atoms with E-state index in [1.54, 1.807) is 12.1 Å². The van der Waals surface area contributed by atoms with Crippen LogP contribution in [0.15, 0.2) is 18.3 Å². The predicted octanol–water partition coefficient (Wildman–Crippen LogP) is 3.23. The lowest BCUT2D eigenvalue weighted by atomic mass is 10.1. The molecule has 1 aromatic carbocycles. The zero-order valence-corrected chi connectivity index (χ0v) is 13.0. The normalized spacial score (nSPS) is 10.8. The monoisotopic (exact) mass is 305 g/mol. The first-order valence-electron chi connectivity index (χ1n) is 6.91. The zero-order valence-electron chi connectivity index (χ0n) is 13.0. The lowest BCUT2D eigenvalue weighted by molar-refractivity contribution is -0.384. The van der Waals surface area contributed by atoms with Crippen molar-refractivity contribution in [3.05, 3.63) is 28.4 Å². The number of fused-ring (bicyclic) bond motifs is 1. The molecule has 0 fully saturated rings. The molecule has 22 heavy (non-hydrogen) atoms. The highest BCUT2D eigenvalue weighted by Gasteiger charge is 2.20. The first-order chi connectivity index (χ1) is 10.5. The minimum atomic E-state index is -0.439. The van der Waals surface area contributed by atoms with Gasteiger partial charge in [0, 0.05) is 18.0 Å². The minimum Gasteiger partial charge on any atom is -0.493 e. The summed E-state index contributed by atoms with van der Waals surface area (Å²) in [6.45, 7) is 4.69. The Labute approximate surface area is 128 Å². The molecule has 0 bridgehead atoms. The van der Waals surface area contributed by atoms with Crippen molar-refractivity contribution in [2.75, 3.05) is 26.1 Å². The van der Waals surface area contributed by atoms with E-state index in [0.717, 1.165) is 0 Å². The molecular formula is C15H19N3O4. The molecule has 7 nitrogen and oxygen atoms in total. The van der Waals surface area contributed by atoms with Crippen LogP contribution in [0.3, 0.4) is 0 Å². The molecule has 7 heteroatoms. The second-order valence-corrected chi connectivity index (χ2v) is 5.27. The van der Waals surface area contributed by atoms with Crippen LogP contribution in [0.2, 0.25) is 0 Å². The highest BCUT2D eigenvalue weighted by Crippen LogP contribution is 2.38. The van der Waals surface area contributed by atoms with Crippen LogP contribution in [0.1, 0.15) is 13.8 Å². The van der Waals surface area contributed by atoms with Crippen LogP contribution in [0.4, 0.5) is 11.4 Å². The smallest absolute Gasteiger partial charge is 0.311 e. The maximum atomic E-state index is 11.3. The van der Waals surface area contributed by atoms with E-state index in [-0.39, 0.29) is 5.69 Å². The quantitative estimate of drug-likeness (QED) is 0.651. The second-order valence-electron chi connectivity index (χ2n) is 5.27. The van der Waals surface area contributed by atoms with Gasteiger partial charge in [0.25, 0.3) is 0 Å². The summed E-state index contributed by atoms with van der Waals surface area (Å²) in [6.07, 6.45) is 1.26. The van der Waals surface area contributed by atoms with E-state index < -0.39 is 4.92 Å². The Morgan fingerprint density at radius 3 is 2.45 bits per heavy atom. The van der Waals surface area contributed by atoms with E-state index >= 15 is 0 Å². The molecule has 0 amide bonds. The van der Waals surface area contributed by atoms with Crippen LogP contribution < -0.4 is 14.8 Å². The van der Waals surface area contributed by atoms with Crippen molar-refractivity contribution in [3.8, 4) is 11.5 Å². The van der Waals surface area contributed by atoms with Gasteiger partial charge in [0.2, 0.25) is 0 Å². The number of methoxy groups -OCH3 is 2. The molecule has 118 valence electrons.